The van der Waals surface area contributed by atoms with Gasteiger partial charge in [0.1, 0.15) is 17.5 Å². The second-order valence-corrected chi connectivity index (χ2v) is 5.62. The van der Waals surface area contributed by atoms with Crippen LogP contribution in [0, 0.1) is 0 Å². The van der Waals surface area contributed by atoms with Gasteiger partial charge in [0.25, 0.3) is 0 Å². The Hall–Kier alpha value is -1.57. The Morgan fingerprint density at radius 2 is 1.85 bits per heavy atom. The maximum atomic E-state index is 12.3. The Kier molecular flexibility index (Phi) is 4.80. The van der Waals surface area contributed by atoms with E-state index in [0.717, 1.165) is 0 Å². The summed E-state index contributed by atoms with van der Waals surface area (Å²) in [5.74, 6) is 6.63. The summed E-state index contributed by atoms with van der Waals surface area (Å²) in [4.78, 5) is 9.96. The first-order valence-corrected chi connectivity index (χ1v) is 6.17. The molecule has 0 aliphatic rings. The molecule has 0 aliphatic carbocycles. The van der Waals surface area contributed by atoms with E-state index in [0.29, 0.717) is 17.5 Å². The summed E-state index contributed by atoms with van der Waals surface area (Å²) in [6, 6.07) is 1.52. The summed E-state index contributed by atoms with van der Waals surface area (Å²) < 4.78 is 36.8. The second kappa shape index (κ2) is 5.82. The van der Waals surface area contributed by atoms with E-state index in [9.17, 15) is 13.2 Å². The van der Waals surface area contributed by atoms with Crippen molar-refractivity contribution in [1.29, 1.82) is 0 Å². The molecule has 1 heterocycles. The van der Waals surface area contributed by atoms with E-state index < -0.39 is 12.6 Å². The smallest absolute Gasteiger partial charge is 0.359 e. The van der Waals surface area contributed by atoms with Gasteiger partial charge in [-0.15, -0.1) is 0 Å². The molecule has 0 bridgehead atoms. The topological polar surface area (TPSA) is 67.1 Å². The third-order valence-electron chi connectivity index (χ3n) is 2.65. The van der Waals surface area contributed by atoms with Crippen molar-refractivity contribution in [3.8, 4) is 0 Å². The maximum Gasteiger partial charge on any atom is 0.390 e. The molecular weight excluding hydrogens is 271 g/mol. The molecule has 20 heavy (non-hydrogen) atoms. The van der Waals surface area contributed by atoms with Gasteiger partial charge in [0.15, 0.2) is 0 Å². The summed E-state index contributed by atoms with van der Waals surface area (Å²) in [7, 11) is 1.56. The van der Waals surface area contributed by atoms with Crippen LogP contribution in [-0.2, 0) is 5.41 Å². The molecule has 0 unspecified atom stereocenters. The van der Waals surface area contributed by atoms with E-state index in [1.807, 2.05) is 20.8 Å². The Labute approximate surface area is 116 Å². The molecule has 0 saturated carbocycles. The Balaban J connectivity index is 2.99. The number of nitrogens with one attached hydrogen (secondary N) is 1. The molecule has 0 fully saturated rings. The van der Waals surface area contributed by atoms with Gasteiger partial charge in [0, 0.05) is 25.1 Å². The molecule has 0 amide bonds. The average molecular weight is 291 g/mol. The molecule has 0 atom stereocenters. The van der Waals surface area contributed by atoms with Crippen LogP contribution in [0.5, 0.6) is 0 Å². The van der Waals surface area contributed by atoms with Crippen LogP contribution in [0.25, 0.3) is 0 Å². The Bertz CT molecular complexity index is 453. The number of anilines is 2. The van der Waals surface area contributed by atoms with E-state index in [1.54, 1.807) is 7.05 Å². The molecule has 0 aromatic carbocycles. The van der Waals surface area contributed by atoms with Gasteiger partial charge in [-0.25, -0.2) is 15.8 Å². The highest BCUT2D eigenvalue weighted by molar-refractivity contribution is 5.49. The lowest BCUT2D eigenvalue weighted by molar-refractivity contribution is -0.132. The van der Waals surface area contributed by atoms with Gasteiger partial charge in [-0.1, -0.05) is 20.8 Å². The van der Waals surface area contributed by atoms with Crippen molar-refractivity contribution in [2.75, 3.05) is 23.9 Å². The molecule has 0 radical (unpaired) electrons. The van der Waals surface area contributed by atoms with Crippen molar-refractivity contribution < 1.29 is 13.2 Å². The third kappa shape index (κ3) is 4.84. The number of hydrogen-bond donors (Lipinski definition) is 2. The van der Waals surface area contributed by atoms with Gasteiger partial charge in [0.2, 0.25) is 0 Å². The molecule has 114 valence electrons. The molecule has 0 aliphatic heterocycles. The quantitative estimate of drug-likeness (QED) is 0.659. The highest BCUT2D eigenvalue weighted by Crippen LogP contribution is 2.25. The molecule has 8 heteroatoms. The largest absolute Gasteiger partial charge is 0.390 e. The first-order chi connectivity index (χ1) is 9.03. The van der Waals surface area contributed by atoms with Crippen LogP contribution in [0.3, 0.4) is 0 Å². The van der Waals surface area contributed by atoms with E-state index >= 15 is 0 Å². The second-order valence-electron chi connectivity index (χ2n) is 5.62. The zero-order valence-corrected chi connectivity index (χ0v) is 12.0. The van der Waals surface area contributed by atoms with E-state index in [4.69, 9.17) is 5.84 Å². The molecule has 5 nitrogen and oxygen atoms in total. The number of nitrogen functional groups attached to an aromatic ring is 1. The van der Waals surface area contributed by atoms with Crippen LogP contribution in [0.1, 0.15) is 33.0 Å². The first-order valence-electron chi connectivity index (χ1n) is 6.17. The highest BCUT2D eigenvalue weighted by atomic mass is 19.4. The fraction of sp³-hybridized carbons (Fsp3) is 0.667. The number of rotatable bonds is 4. The first kappa shape index (κ1) is 16.5. The Morgan fingerprint density at radius 1 is 1.25 bits per heavy atom. The number of aromatic nitrogens is 2. The fourth-order valence-electron chi connectivity index (χ4n) is 1.45. The number of nitrogens with two attached hydrogens (primary N) is 1. The predicted octanol–water partition coefficient (Wildman–Crippen LogP) is 2.45. The lowest BCUT2D eigenvalue weighted by Gasteiger charge is -2.23. The monoisotopic (exact) mass is 291 g/mol. The van der Waals surface area contributed by atoms with Crippen LogP contribution >= 0.6 is 0 Å². The average Bonchev–Trinajstić information content (AvgIpc) is 2.33. The fourth-order valence-corrected chi connectivity index (χ4v) is 1.45. The minimum absolute atomic E-state index is 0.173. The number of alkyl halides is 3. The van der Waals surface area contributed by atoms with E-state index in [2.05, 4.69) is 15.4 Å². The normalized spacial score (nSPS) is 12.4. The minimum Gasteiger partial charge on any atom is -0.359 e. The van der Waals surface area contributed by atoms with Crippen LogP contribution < -0.4 is 16.2 Å². The maximum absolute atomic E-state index is 12.3. The molecule has 0 spiro atoms. The van der Waals surface area contributed by atoms with Crippen molar-refractivity contribution in [2.45, 2.75) is 38.8 Å². The zero-order chi connectivity index (χ0) is 15.6. The van der Waals surface area contributed by atoms with Crippen molar-refractivity contribution in [3.05, 3.63) is 11.9 Å². The number of hydrazine groups is 1. The molecule has 1 aromatic heterocycles. The lowest BCUT2D eigenvalue weighted by atomic mass is 9.96. The highest BCUT2D eigenvalue weighted by Gasteiger charge is 2.28. The number of hydrogen-bond acceptors (Lipinski definition) is 5. The van der Waals surface area contributed by atoms with Crippen LogP contribution in [-0.4, -0.2) is 29.7 Å². The van der Waals surface area contributed by atoms with Gasteiger partial charge >= 0.3 is 6.18 Å². The van der Waals surface area contributed by atoms with Gasteiger partial charge in [0.05, 0.1) is 6.42 Å². The standard InChI is InChI=1S/C12H20F3N5/c1-11(2,3)10-17-8(19-16)7-9(18-10)20(4)6-5-12(13,14)15/h7H,5-6,16H2,1-4H3,(H,17,18,19). The lowest BCUT2D eigenvalue weighted by Crippen LogP contribution is -2.27. The van der Waals surface area contributed by atoms with Gasteiger partial charge < -0.3 is 10.3 Å². The van der Waals surface area contributed by atoms with Crippen LogP contribution in [0.15, 0.2) is 6.07 Å². The van der Waals surface area contributed by atoms with Crippen LogP contribution in [0.2, 0.25) is 0 Å². The zero-order valence-electron chi connectivity index (χ0n) is 12.0. The van der Waals surface area contributed by atoms with Crippen LogP contribution in [0.4, 0.5) is 24.8 Å². The van der Waals surface area contributed by atoms with E-state index in [-0.39, 0.29) is 12.0 Å². The number of halogens is 3. The van der Waals surface area contributed by atoms with Crippen molar-refractivity contribution in [1.82, 2.24) is 9.97 Å². The molecule has 1 aromatic rings. The molecular formula is C12H20F3N5. The summed E-state index contributed by atoms with van der Waals surface area (Å²) in [6.07, 6.45) is -5.09. The molecule has 1 rings (SSSR count). The summed E-state index contributed by atoms with van der Waals surface area (Å²) >= 11 is 0. The van der Waals surface area contributed by atoms with Gasteiger partial charge in [-0.3, -0.25) is 0 Å². The van der Waals surface area contributed by atoms with Crippen molar-refractivity contribution in [3.63, 3.8) is 0 Å². The molecule has 3 N–H and O–H groups in total. The SMILES string of the molecule is CN(CCC(F)(F)F)c1cc(NN)nc(C(C)(C)C)n1. The van der Waals surface area contributed by atoms with Gasteiger partial charge in [-0.05, 0) is 0 Å². The van der Waals surface area contributed by atoms with Crippen molar-refractivity contribution >= 4 is 11.6 Å². The third-order valence-corrected chi connectivity index (χ3v) is 2.65. The summed E-state index contributed by atoms with van der Waals surface area (Å²) in [5.41, 5.74) is 2.08. The van der Waals surface area contributed by atoms with Crippen molar-refractivity contribution in [2.24, 2.45) is 5.84 Å². The number of nitrogens with zero attached hydrogens (tertiary/aromatic N) is 3. The Morgan fingerprint density at radius 3 is 2.30 bits per heavy atom. The van der Waals surface area contributed by atoms with Gasteiger partial charge in [-0.2, -0.15) is 13.2 Å². The summed E-state index contributed by atoms with van der Waals surface area (Å²) in [6.45, 7) is 5.58. The molecule has 0 saturated heterocycles. The minimum atomic E-state index is -4.19. The summed E-state index contributed by atoms with van der Waals surface area (Å²) in [5, 5.41) is 0. The van der Waals surface area contributed by atoms with E-state index in [1.165, 1.54) is 11.0 Å². The predicted molar refractivity (Wildman–Crippen MR) is 72.5 cm³/mol.